The van der Waals surface area contributed by atoms with E-state index in [2.05, 4.69) is 4.98 Å². The maximum atomic E-state index is 12.9. The van der Waals surface area contributed by atoms with Gasteiger partial charge in [0.25, 0.3) is 5.91 Å². The van der Waals surface area contributed by atoms with Crippen LogP contribution in [0.3, 0.4) is 0 Å². The van der Waals surface area contributed by atoms with Gasteiger partial charge in [-0.05, 0) is 18.2 Å². The van der Waals surface area contributed by atoms with Crippen LogP contribution >= 0.6 is 0 Å². The number of halogens is 1. The molecule has 1 amide bonds. The standard InChI is InChI=1S/C9H9FN4O/c10-4-1-2-6-5(3-4)7(11)8(13-6)9(15)14-12/h1-3,13H,11-12H2,(H,14,15). The lowest BCUT2D eigenvalue weighted by Gasteiger charge is -1.96. The van der Waals surface area contributed by atoms with Crippen molar-refractivity contribution < 1.29 is 9.18 Å². The number of rotatable bonds is 1. The SMILES string of the molecule is NNC(=O)c1[nH]c2ccc(F)cc2c1N. The maximum absolute atomic E-state index is 12.9. The number of nitrogen functional groups attached to an aromatic ring is 2. The summed E-state index contributed by atoms with van der Waals surface area (Å²) in [5, 5.41) is 0.466. The Hall–Kier alpha value is -2.08. The molecule has 0 bridgehead atoms. The predicted molar refractivity (Wildman–Crippen MR) is 54.3 cm³/mol. The minimum absolute atomic E-state index is 0.137. The molecule has 0 spiro atoms. The molecule has 6 N–H and O–H groups in total. The van der Waals surface area contributed by atoms with Crippen LogP contribution in [0.5, 0.6) is 0 Å². The molecule has 0 unspecified atom stereocenters. The number of nitrogens with one attached hydrogen (secondary N) is 2. The zero-order chi connectivity index (χ0) is 11.0. The Kier molecular flexibility index (Phi) is 2.05. The van der Waals surface area contributed by atoms with Crippen LogP contribution in [0.15, 0.2) is 18.2 Å². The number of anilines is 1. The molecule has 0 atom stereocenters. The summed E-state index contributed by atoms with van der Waals surface area (Å²) in [6.07, 6.45) is 0. The molecule has 6 heteroatoms. The highest BCUT2D eigenvalue weighted by atomic mass is 19.1. The van der Waals surface area contributed by atoms with Crippen molar-refractivity contribution >= 4 is 22.5 Å². The second-order valence-corrected chi connectivity index (χ2v) is 3.08. The van der Waals surface area contributed by atoms with Gasteiger partial charge in [-0.15, -0.1) is 0 Å². The molecule has 0 saturated heterocycles. The molecule has 0 saturated carbocycles. The first-order chi connectivity index (χ1) is 7.13. The van der Waals surface area contributed by atoms with Gasteiger partial charge in [0.1, 0.15) is 11.5 Å². The van der Waals surface area contributed by atoms with Crippen LogP contribution in [0, 0.1) is 5.82 Å². The third-order valence-corrected chi connectivity index (χ3v) is 2.16. The van der Waals surface area contributed by atoms with Gasteiger partial charge in [-0.1, -0.05) is 0 Å². The van der Waals surface area contributed by atoms with Crippen molar-refractivity contribution in [1.82, 2.24) is 10.4 Å². The van der Waals surface area contributed by atoms with Crippen LogP contribution in [0.25, 0.3) is 10.9 Å². The van der Waals surface area contributed by atoms with Gasteiger partial charge in [0.2, 0.25) is 0 Å². The molecule has 5 nitrogen and oxygen atoms in total. The number of carbonyl (C=O) groups excluding carboxylic acids is 1. The van der Waals surface area contributed by atoms with Gasteiger partial charge in [-0.2, -0.15) is 0 Å². The Bertz CT molecular complexity index is 534. The fourth-order valence-electron chi connectivity index (χ4n) is 1.44. The maximum Gasteiger partial charge on any atom is 0.283 e. The second-order valence-electron chi connectivity index (χ2n) is 3.08. The number of H-pyrrole nitrogens is 1. The molecule has 2 rings (SSSR count). The number of hydrogen-bond acceptors (Lipinski definition) is 3. The Morgan fingerprint density at radius 2 is 2.20 bits per heavy atom. The summed E-state index contributed by atoms with van der Waals surface area (Å²) in [6.45, 7) is 0. The quantitative estimate of drug-likeness (QED) is 0.312. The first kappa shape index (κ1) is 9.47. The molecule has 0 radical (unpaired) electrons. The molecule has 1 aromatic carbocycles. The zero-order valence-electron chi connectivity index (χ0n) is 7.67. The topological polar surface area (TPSA) is 96.9 Å². The third kappa shape index (κ3) is 1.40. The summed E-state index contributed by atoms with van der Waals surface area (Å²) in [7, 11) is 0. The van der Waals surface area contributed by atoms with E-state index in [4.69, 9.17) is 11.6 Å². The van der Waals surface area contributed by atoms with Crippen LogP contribution in [0.2, 0.25) is 0 Å². The van der Waals surface area contributed by atoms with Gasteiger partial charge in [0, 0.05) is 10.9 Å². The Morgan fingerprint density at radius 1 is 1.47 bits per heavy atom. The van der Waals surface area contributed by atoms with Gasteiger partial charge in [-0.25, -0.2) is 10.2 Å². The van der Waals surface area contributed by atoms with Crippen molar-refractivity contribution in [1.29, 1.82) is 0 Å². The fourth-order valence-corrected chi connectivity index (χ4v) is 1.44. The highest BCUT2D eigenvalue weighted by molar-refractivity contribution is 6.07. The first-order valence-corrected chi connectivity index (χ1v) is 4.21. The highest BCUT2D eigenvalue weighted by Gasteiger charge is 2.14. The largest absolute Gasteiger partial charge is 0.396 e. The Morgan fingerprint density at radius 3 is 2.87 bits per heavy atom. The van der Waals surface area contributed by atoms with Crippen molar-refractivity contribution in [3.63, 3.8) is 0 Å². The predicted octanol–water partition coefficient (Wildman–Crippen LogP) is 0.493. The van der Waals surface area contributed by atoms with E-state index in [0.29, 0.717) is 10.9 Å². The van der Waals surface area contributed by atoms with Gasteiger partial charge < -0.3 is 10.7 Å². The van der Waals surface area contributed by atoms with Gasteiger partial charge in [0.05, 0.1) is 5.69 Å². The molecular formula is C9H9FN4O. The van der Waals surface area contributed by atoms with Crippen LogP contribution in [0.4, 0.5) is 10.1 Å². The van der Waals surface area contributed by atoms with Gasteiger partial charge in [0.15, 0.2) is 0 Å². The van der Waals surface area contributed by atoms with E-state index in [-0.39, 0.29) is 11.4 Å². The normalized spacial score (nSPS) is 10.5. The lowest BCUT2D eigenvalue weighted by molar-refractivity contribution is 0.0950. The van der Waals surface area contributed by atoms with Crippen molar-refractivity contribution in [3.8, 4) is 0 Å². The molecule has 0 fully saturated rings. The Balaban J connectivity index is 2.69. The average Bonchev–Trinajstić information content (AvgIpc) is 2.55. The van der Waals surface area contributed by atoms with E-state index >= 15 is 0 Å². The monoisotopic (exact) mass is 208 g/mol. The summed E-state index contributed by atoms with van der Waals surface area (Å²) >= 11 is 0. The van der Waals surface area contributed by atoms with Crippen LogP contribution < -0.4 is 17.0 Å². The molecule has 1 heterocycles. The van der Waals surface area contributed by atoms with Crippen molar-refractivity contribution in [3.05, 3.63) is 29.7 Å². The van der Waals surface area contributed by atoms with Crippen LogP contribution in [-0.2, 0) is 0 Å². The first-order valence-electron chi connectivity index (χ1n) is 4.21. The van der Waals surface area contributed by atoms with Crippen molar-refractivity contribution in [2.75, 3.05) is 5.73 Å². The number of benzene rings is 1. The second kappa shape index (κ2) is 3.25. The van der Waals surface area contributed by atoms with Gasteiger partial charge >= 0.3 is 0 Å². The molecule has 15 heavy (non-hydrogen) atoms. The summed E-state index contributed by atoms with van der Waals surface area (Å²) in [6, 6.07) is 4.05. The number of aromatic nitrogens is 1. The minimum Gasteiger partial charge on any atom is -0.396 e. The van der Waals surface area contributed by atoms with E-state index in [9.17, 15) is 9.18 Å². The summed E-state index contributed by atoms with van der Waals surface area (Å²) in [5.41, 5.74) is 8.54. The third-order valence-electron chi connectivity index (χ3n) is 2.16. The number of nitrogens with two attached hydrogens (primary N) is 2. The van der Waals surface area contributed by atoms with Crippen molar-refractivity contribution in [2.24, 2.45) is 5.84 Å². The zero-order valence-corrected chi connectivity index (χ0v) is 7.67. The van der Waals surface area contributed by atoms with E-state index in [0.717, 1.165) is 0 Å². The molecule has 1 aromatic heterocycles. The van der Waals surface area contributed by atoms with Crippen molar-refractivity contribution in [2.45, 2.75) is 0 Å². The van der Waals surface area contributed by atoms with E-state index < -0.39 is 11.7 Å². The molecule has 0 aliphatic rings. The van der Waals surface area contributed by atoms with Crippen LogP contribution in [0.1, 0.15) is 10.5 Å². The molecule has 0 aliphatic carbocycles. The summed E-state index contributed by atoms with van der Waals surface area (Å²) in [5.74, 6) is 4.03. The van der Waals surface area contributed by atoms with Crippen LogP contribution in [-0.4, -0.2) is 10.9 Å². The lowest BCUT2D eigenvalue weighted by Crippen LogP contribution is -2.30. The summed E-state index contributed by atoms with van der Waals surface area (Å²) in [4.78, 5) is 14.0. The van der Waals surface area contributed by atoms with E-state index in [1.807, 2.05) is 5.43 Å². The smallest absolute Gasteiger partial charge is 0.283 e. The fraction of sp³-hybridized carbons (Fsp3) is 0. The molecular weight excluding hydrogens is 199 g/mol. The number of fused-ring (bicyclic) bond motifs is 1. The Labute approximate surface area is 84.2 Å². The number of amides is 1. The number of aromatic amines is 1. The number of hydrogen-bond donors (Lipinski definition) is 4. The van der Waals surface area contributed by atoms with E-state index in [1.54, 1.807) is 0 Å². The molecule has 78 valence electrons. The molecule has 0 aliphatic heterocycles. The lowest BCUT2D eigenvalue weighted by atomic mass is 10.2. The highest BCUT2D eigenvalue weighted by Crippen LogP contribution is 2.25. The number of carbonyl (C=O) groups is 1. The number of hydrazine groups is 1. The minimum atomic E-state index is -0.538. The molecule has 2 aromatic rings. The van der Waals surface area contributed by atoms with Gasteiger partial charge in [-0.3, -0.25) is 10.2 Å². The summed E-state index contributed by atoms with van der Waals surface area (Å²) < 4.78 is 12.9. The van der Waals surface area contributed by atoms with E-state index in [1.165, 1.54) is 18.2 Å². The average molecular weight is 208 g/mol.